The van der Waals surface area contributed by atoms with E-state index in [9.17, 15) is 10.1 Å². The fourth-order valence-corrected chi connectivity index (χ4v) is 1.89. The van der Waals surface area contributed by atoms with Crippen molar-refractivity contribution in [2.24, 2.45) is 5.92 Å². The van der Waals surface area contributed by atoms with Crippen molar-refractivity contribution in [1.82, 2.24) is 14.8 Å². The van der Waals surface area contributed by atoms with Gasteiger partial charge in [0.2, 0.25) is 0 Å². The van der Waals surface area contributed by atoms with Crippen LogP contribution in [0.4, 0.5) is 17.3 Å². The van der Waals surface area contributed by atoms with Gasteiger partial charge in [-0.25, -0.2) is 4.98 Å². The lowest BCUT2D eigenvalue weighted by Gasteiger charge is -2.05. The molecule has 0 bridgehead atoms. The molecule has 112 valence electrons. The number of anilines is 2. The molecule has 0 fully saturated rings. The molecule has 0 saturated carbocycles. The van der Waals surface area contributed by atoms with Crippen molar-refractivity contribution in [2.45, 2.75) is 26.8 Å². The van der Waals surface area contributed by atoms with Crippen molar-refractivity contribution >= 4 is 28.9 Å². The van der Waals surface area contributed by atoms with Gasteiger partial charge in [-0.15, -0.1) is 0 Å². The summed E-state index contributed by atoms with van der Waals surface area (Å²) in [5.41, 5.74) is -0.145. The quantitative estimate of drug-likeness (QED) is 0.650. The Morgan fingerprint density at radius 1 is 1.52 bits per heavy atom. The Morgan fingerprint density at radius 3 is 2.90 bits per heavy atom. The van der Waals surface area contributed by atoms with Crippen molar-refractivity contribution < 1.29 is 4.92 Å². The second-order valence-corrected chi connectivity index (χ2v) is 5.46. The van der Waals surface area contributed by atoms with Gasteiger partial charge in [0.15, 0.2) is 11.6 Å². The third-order valence-corrected chi connectivity index (χ3v) is 3.15. The highest BCUT2D eigenvalue weighted by atomic mass is 35.5. The van der Waals surface area contributed by atoms with Crippen LogP contribution in [0.3, 0.4) is 0 Å². The highest BCUT2D eigenvalue weighted by Gasteiger charge is 2.11. The summed E-state index contributed by atoms with van der Waals surface area (Å²) in [6.45, 7) is 5.15. The number of hydrogen-bond donors (Lipinski definition) is 1. The van der Waals surface area contributed by atoms with Crippen LogP contribution in [0.15, 0.2) is 24.5 Å². The van der Waals surface area contributed by atoms with Crippen LogP contribution in [0.5, 0.6) is 0 Å². The Balaban J connectivity index is 2.06. The Labute approximate surface area is 127 Å². The average Bonchev–Trinajstić information content (AvgIpc) is 2.86. The molecule has 0 spiro atoms. The van der Waals surface area contributed by atoms with Crippen LogP contribution in [0.1, 0.15) is 20.3 Å². The summed E-state index contributed by atoms with van der Waals surface area (Å²) < 4.78 is 1.83. The van der Waals surface area contributed by atoms with Crippen molar-refractivity contribution in [3.8, 4) is 0 Å². The Kier molecular flexibility index (Phi) is 4.74. The van der Waals surface area contributed by atoms with E-state index in [0.717, 1.165) is 19.2 Å². The zero-order valence-electron chi connectivity index (χ0n) is 11.8. The second-order valence-electron chi connectivity index (χ2n) is 5.05. The normalized spacial score (nSPS) is 10.9. The van der Waals surface area contributed by atoms with E-state index >= 15 is 0 Å². The molecule has 0 saturated heterocycles. The summed E-state index contributed by atoms with van der Waals surface area (Å²) in [6.07, 6.45) is 4.06. The first-order valence-corrected chi connectivity index (χ1v) is 6.94. The largest absolute Gasteiger partial charge is 0.322 e. The number of aromatic nitrogens is 3. The maximum absolute atomic E-state index is 10.6. The predicted octanol–water partition coefficient (Wildman–Crippen LogP) is 3.63. The fourth-order valence-electron chi connectivity index (χ4n) is 1.68. The molecule has 0 aliphatic rings. The van der Waals surface area contributed by atoms with Crippen LogP contribution >= 0.6 is 11.6 Å². The Hall–Kier alpha value is -2.15. The van der Waals surface area contributed by atoms with Crippen molar-refractivity contribution in [1.29, 1.82) is 0 Å². The number of aryl methyl sites for hydroxylation is 1. The lowest BCUT2D eigenvalue weighted by atomic mass is 10.1. The summed E-state index contributed by atoms with van der Waals surface area (Å²) in [5.74, 6) is 1.55. The Bertz CT molecular complexity index is 641. The van der Waals surface area contributed by atoms with E-state index in [4.69, 9.17) is 11.6 Å². The summed E-state index contributed by atoms with van der Waals surface area (Å²) >= 11 is 5.97. The first kappa shape index (κ1) is 15.2. The summed E-state index contributed by atoms with van der Waals surface area (Å²) in [4.78, 5) is 14.0. The molecule has 0 aliphatic heterocycles. The summed E-state index contributed by atoms with van der Waals surface area (Å²) in [5, 5.41) is 18.1. The number of rotatable bonds is 6. The third kappa shape index (κ3) is 4.16. The number of pyridine rings is 1. The first-order valence-electron chi connectivity index (χ1n) is 6.56. The van der Waals surface area contributed by atoms with Gasteiger partial charge in [-0.05, 0) is 12.3 Å². The number of nitrogens with one attached hydrogen (secondary N) is 1. The summed E-state index contributed by atoms with van der Waals surface area (Å²) in [7, 11) is 0. The van der Waals surface area contributed by atoms with Gasteiger partial charge in [-0.3, -0.25) is 14.8 Å². The van der Waals surface area contributed by atoms with Gasteiger partial charge in [0.05, 0.1) is 9.95 Å². The van der Waals surface area contributed by atoms with E-state index in [1.54, 1.807) is 6.07 Å². The maximum Gasteiger partial charge on any atom is 0.289 e. The molecular weight excluding hydrogens is 294 g/mol. The molecule has 0 aromatic carbocycles. The van der Waals surface area contributed by atoms with Crippen LogP contribution in [0, 0.1) is 16.0 Å². The van der Waals surface area contributed by atoms with Crippen LogP contribution in [0.25, 0.3) is 0 Å². The number of nitrogens with zero attached hydrogens (tertiary/aromatic N) is 4. The molecule has 2 heterocycles. The average molecular weight is 310 g/mol. The fraction of sp³-hybridized carbons (Fsp3) is 0.385. The smallest absolute Gasteiger partial charge is 0.289 e. The summed E-state index contributed by atoms with van der Waals surface area (Å²) in [6, 6.07) is 3.06. The molecule has 1 N–H and O–H groups in total. The molecule has 7 nitrogen and oxygen atoms in total. The first-order chi connectivity index (χ1) is 9.95. The van der Waals surface area contributed by atoms with Crippen molar-refractivity contribution in [2.75, 3.05) is 5.32 Å². The molecule has 2 aromatic rings. The lowest BCUT2D eigenvalue weighted by molar-refractivity contribution is -0.385. The van der Waals surface area contributed by atoms with Gasteiger partial charge in [0.1, 0.15) is 6.20 Å². The van der Waals surface area contributed by atoms with Gasteiger partial charge in [0, 0.05) is 24.9 Å². The van der Waals surface area contributed by atoms with Crippen molar-refractivity contribution in [3.05, 3.63) is 39.7 Å². The highest BCUT2D eigenvalue weighted by Crippen LogP contribution is 2.26. The van der Waals surface area contributed by atoms with Crippen LogP contribution in [-0.4, -0.2) is 19.7 Å². The number of nitro groups is 1. The maximum atomic E-state index is 10.6. The molecule has 0 amide bonds. The minimum absolute atomic E-state index is 0.145. The van der Waals surface area contributed by atoms with E-state index in [2.05, 4.69) is 29.2 Å². The van der Waals surface area contributed by atoms with E-state index in [1.165, 1.54) is 6.07 Å². The lowest BCUT2D eigenvalue weighted by Crippen LogP contribution is -2.03. The molecule has 2 aromatic heterocycles. The van der Waals surface area contributed by atoms with Gasteiger partial charge >= 0.3 is 0 Å². The zero-order chi connectivity index (χ0) is 15.4. The van der Waals surface area contributed by atoms with Gasteiger partial charge in [0.25, 0.3) is 5.69 Å². The van der Waals surface area contributed by atoms with Crippen LogP contribution in [-0.2, 0) is 6.54 Å². The van der Waals surface area contributed by atoms with E-state index in [0.29, 0.717) is 17.6 Å². The molecule has 2 rings (SSSR count). The highest BCUT2D eigenvalue weighted by molar-refractivity contribution is 6.33. The third-order valence-electron chi connectivity index (χ3n) is 2.86. The molecule has 8 heteroatoms. The van der Waals surface area contributed by atoms with E-state index < -0.39 is 4.92 Å². The molecule has 0 unspecified atom stereocenters. The van der Waals surface area contributed by atoms with Crippen molar-refractivity contribution in [3.63, 3.8) is 0 Å². The second kappa shape index (κ2) is 6.53. The molecule has 0 atom stereocenters. The minimum atomic E-state index is -0.538. The molecule has 0 radical (unpaired) electrons. The Morgan fingerprint density at radius 2 is 2.29 bits per heavy atom. The van der Waals surface area contributed by atoms with Gasteiger partial charge < -0.3 is 5.32 Å². The van der Waals surface area contributed by atoms with E-state index in [1.807, 2.05) is 10.9 Å². The monoisotopic (exact) mass is 309 g/mol. The predicted molar refractivity (Wildman–Crippen MR) is 80.9 cm³/mol. The molecule has 21 heavy (non-hydrogen) atoms. The topological polar surface area (TPSA) is 85.9 Å². The molecular formula is C13H16ClN5O2. The van der Waals surface area contributed by atoms with E-state index in [-0.39, 0.29) is 10.7 Å². The molecule has 0 aliphatic carbocycles. The number of hydrogen-bond acceptors (Lipinski definition) is 5. The van der Waals surface area contributed by atoms with Crippen LogP contribution in [0.2, 0.25) is 5.02 Å². The number of halogens is 1. The standard InChI is InChI=1S/C13H16ClN5O2/c1-9(2)3-5-18-6-4-12(17-18)16-13-11(14)7-10(8-15-13)19(20)21/h4,6-9H,3,5H2,1-2H3,(H,15,16,17). The SMILES string of the molecule is CC(C)CCn1ccc(Nc2ncc([N+](=O)[O-])cc2Cl)n1. The van der Waals surface area contributed by atoms with Crippen LogP contribution < -0.4 is 5.32 Å². The van der Waals surface area contributed by atoms with Gasteiger partial charge in [-0.1, -0.05) is 25.4 Å². The zero-order valence-corrected chi connectivity index (χ0v) is 12.5. The van der Waals surface area contributed by atoms with Gasteiger partial charge in [-0.2, -0.15) is 5.10 Å². The minimum Gasteiger partial charge on any atom is -0.322 e.